The molecule has 0 amide bonds. The van der Waals surface area contributed by atoms with Gasteiger partial charge in [-0.1, -0.05) is 6.92 Å². The average molecular weight is 384 g/mol. The van der Waals surface area contributed by atoms with Crippen molar-refractivity contribution >= 4 is 18.1 Å². The van der Waals surface area contributed by atoms with Crippen LogP contribution in [0.1, 0.15) is 46.1 Å². The van der Waals surface area contributed by atoms with Gasteiger partial charge in [-0.2, -0.15) is 5.10 Å². The minimum atomic E-state index is 0. The number of anilines is 1. The highest BCUT2D eigenvalue weighted by atomic mass is 35.5. The number of halogens is 1. The number of piperidine rings is 1. The molecule has 1 N–H and O–H groups in total. The van der Waals surface area contributed by atoms with E-state index < -0.39 is 0 Å². The van der Waals surface area contributed by atoms with E-state index in [2.05, 4.69) is 41.0 Å². The lowest BCUT2D eigenvalue weighted by Crippen LogP contribution is -2.45. The van der Waals surface area contributed by atoms with Crippen molar-refractivity contribution in [2.24, 2.45) is 5.41 Å². The number of rotatable bonds is 5. The molecule has 3 rings (SSSR count). The zero-order valence-electron chi connectivity index (χ0n) is 16.6. The van der Waals surface area contributed by atoms with Gasteiger partial charge in [0.15, 0.2) is 0 Å². The Morgan fingerprint density at radius 2 is 2.23 bits per heavy atom. The van der Waals surface area contributed by atoms with Crippen molar-refractivity contribution in [1.29, 1.82) is 0 Å². The summed E-state index contributed by atoms with van der Waals surface area (Å²) in [7, 11) is 2.00. The topological polar surface area (TPSA) is 53.4 Å². The standard InChI is InChI=1S/C19H33N5O.ClH/c1-15(2)22(4)17-10-18(25)24(21-11-17)16-6-5-9-23(12-16)14-19(3)7-8-20-13-19;/h10-11,15-16,20H,5-9,12-14H2,1-4H3;1H. The minimum Gasteiger partial charge on any atom is -0.371 e. The summed E-state index contributed by atoms with van der Waals surface area (Å²) in [6, 6.07) is 2.27. The summed E-state index contributed by atoms with van der Waals surface area (Å²) in [6.07, 6.45) is 5.25. The van der Waals surface area contributed by atoms with Gasteiger partial charge in [0.25, 0.3) is 5.56 Å². The highest BCUT2D eigenvalue weighted by Gasteiger charge is 2.33. The Bertz CT molecular complexity index is 641. The molecular formula is C19H34ClN5O. The first-order valence-electron chi connectivity index (χ1n) is 9.63. The molecule has 2 aliphatic rings. The van der Waals surface area contributed by atoms with Gasteiger partial charge >= 0.3 is 0 Å². The predicted octanol–water partition coefficient (Wildman–Crippen LogP) is 2.15. The molecule has 2 unspecified atom stereocenters. The molecule has 26 heavy (non-hydrogen) atoms. The predicted molar refractivity (Wildman–Crippen MR) is 110 cm³/mol. The maximum atomic E-state index is 12.6. The molecule has 0 spiro atoms. The number of hydrogen-bond acceptors (Lipinski definition) is 5. The molecule has 6 nitrogen and oxygen atoms in total. The normalized spacial score (nSPS) is 26.7. The van der Waals surface area contributed by atoms with Crippen LogP contribution in [-0.2, 0) is 0 Å². The number of likely N-dealkylation sites (tertiary alicyclic amines) is 1. The van der Waals surface area contributed by atoms with E-state index in [1.165, 1.54) is 6.42 Å². The van der Waals surface area contributed by atoms with Gasteiger partial charge < -0.3 is 15.1 Å². The lowest BCUT2D eigenvalue weighted by atomic mass is 9.88. The van der Waals surface area contributed by atoms with E-state index in [1.807, 2.05) is 13.2 Å². The van der Waals surface area contributed by atoms with Crippen LogP contribution in [0.4, 0.5) is 5.69 Å². The molecule has 0 bridgehead atoms. The molecule has 2 atom stereocenters. The zero-order chi connectivity index (χ0) is 18.0. The molecule has 7 heteroatoms. The first-order valence-corrected chi connectivity index (χ1v) is 9.63. The summed E-state index contributed by atoms with van der Waals surface area (Å²) in [6.45, 7) is 12.0. The van der Waals surface area contributed by atoms with Gasteiger partial charge in [-0.15, -0.1) is 12.4 Å². The Balaban J connectivity index is 0.00000243. The third-order valence-corrected chi connectivity index (χ3v) is 5.88. The molecule has 1 aromatic heterocycles. The van der Waals surface area contributed by atoms with Crippen LogP contribution in [0.15, 0.2) is 17.1 Å². The van der Waals surface area contributed by atoms with Crippen LogP contribution in [-0.4, -0.2) is 60.5 Å². The van der Waals surface area contributed by atoms with E-state index in [0.717, 1.165) is 51.3 Å². The Hall–Kier alpha value is -1.11. The van der Waals surface area contributed by atoms with E-state index in [-0.39, 0.29) is 24.0 Å². The number of nitrogens with one attached hydrogen (secondary N) is 1. The van der Waals surface area contributed by atoms with Gasteiger partial charge in [0, 0.05) is 38.8 Å². The second-order valence-corrected chi connectivity index (χ2v) is 8.47. The van der Waals surface area contributed by atoms with Crippen LogP contribution >= 0.6 is 12.4 Å². The first-order chi connectivity index (χ1) is 11.9. The minimum absolute atomic E-state index is 0. The fraction of sp³-hybridized carbons (Fsp3) is 0.789. The molecule has 0 aliphatic carbocycles. The third kappa shape index (κ3) is 4.78. The lowest BCUT2D eigenvalue weighted by Gasteiger charge is -2.37. The van der Waals surface area contributed by atoms with Crippen LogP contribution in [0, 0.1) is 5.41 Å². The van der Waals surface area contributed by atoms with Crippen LogP contribution in [0.25, 0.3) is 0 Å². The van der Waals surface area contributed by atoms with Crippen molar-refractivity contribution < 1.29 is 0 Å². The summed E-state index contributed by atoms with van der Waals surface area (Å²) >= 11 is 0. The van der Waals surface area contributed by atoms with Crippen molar-refractivity contribution in [3.63, 3.8) is 0 Å². The molecule has 2 aliphatic heterocycles. The van der Waals surface area contributed by atoms with Gasteiger partial charge in [0.1, 0.15) is 0 Å². The van der Waals surface area contributed by atoms with Crippen LogP contribution in [0.5, 0.6) is 0 Å². The van der Waals surface area contributed by atoms with Crippen molar-refractivity contribution in [2.45, 2.75) is 52.1 Å². The maximum absolute atomic E-state index is 12.6. The first kappa shape index (κ1) is 21.2. The fourth-order valence-electron chi connectivity index (χ4n) is 4.09. The number of hydrogen-bond donors (Lipinski definition) is 1. The monoisotopic (exact) mass is 383 g/mol. The van der Waals surface area contributed by atoms with E-state index in [9.17, 15) is 4.79 Å². The van der Waals surface area contributed by atoms with Crippen LogP contribution < -0.4 is 15.8 Å². The highest BCUT2D eigenvalue weighted by molar-refractivity contribution is 5.85. The summed E-state index contributed by atoms with van der Waals surface area (Å²) in [4.78, 5) is 17.2. The van der Waals surface area contributed by atoms with Crippen molar-refractivity contribution in [2.75, 3.05) is 44.7 Å². The van der Waals surface area contributed by atoms with E-state index in [1.54, 1.807) is 10.7 Å². The van der Waals surface area contributed by atoms with Crippen molar-refractivity contribution in [3.8, 4) is 0 Å². The van der Waals surface area contributed by atoms with Gasteiger partial charge in [0.2, 0.25) is 0 Å². The number of nitrogens with zero attached hydrogens (tertiary/aromatic N) is 4. The van der Waals surface area contributed by atoms with E-state index in [0.29, 0.717) is 11.5 Å². The third-order valence-electron chi connectivity index (χ3n) is 5.88. The SMILES string of the molecule is CC(C)N(C)c1cnn(C2CCCN(CC3(C)CCNC3)C2)c(=O)c1.Cl. The van der Waals surface area contributed by atoms with Gasteiger partial charge in [-0.3, -0.25) is 4.79 Å². The summed E-state index contributed by atoms with van der Waals surface area (Å²) in [5.41, 5.74) is 1.28. The molecule has 2 fully saturated rings. The molecule has 0 radical (unpaired) electrons. The smallest absolute Gasteiger partial charge is 0.269 e. The highest BCUT2D eigenvalue weighted by Crippen LogP contribution is 2.29. The molecule has 148 valence electrons. The maximum Gasteiger partial charge on any atom is 0.269 e. The molecular weight excluding hydrogens is 350 g/mol. The second kappa shape index (κ2) is 8.72. The number of aromatic nitrogens is 2. The van der Waals surface area contributed by atoms with Gasteiger partial charge in [-0.05, 0) is 51.6 Å². The largest absolute Gasteiger partial charge is 0.371 e. The van der Waals surface area contributed by atoms with Gasteiger partial charge in [-0.25, -0.2) is 4.68 Å². The fourth-order valence-corrected chi connectivity index (χ4v) is 4.09. The van der Waals surface area contributed by atoms with Crippen LogP contribution in [0.2, 0.25) is 0 Å². The zero-order valence-corrected chi connectivity index (χ0v) is 17.4. The Morgan fingerprint density at radius 1 is 1.46 bits per heavy atom. The quantitative estimate of drug-likeness (QED) is 0.844. The Kier molecular flexibility index (Phi) is 7.11. The summed E-state index contributed by atoms with van der Waals surface area (Å²) in [5, 5.41) is 7.99. The Morgan fingerprint density at radius 3 is 2.85 bits per heavy atom. The summed E-state index contributed by atoms with van der Waals surface area (Å²) < 4.78 is 1.71. The van der Waals surface area contributed by atoms with Crippen LogP contribution in [0.3, 0.4) is 0 Å². The van der Waals surface area contributed by atoms with E-state index >= 15 is 0 Å². The molecule has 0 saturated carbocycles. The van der Waals surface area contributed by atoms with Crippen molar-refractivity contribution in [3.05, 3.63) is 22.6 Å². The summed E-state index contributed by atoms with van der Waals surface area (Å²) in [5.74, 6) is 0. The molecule has 3 heterocycles. The van der Waals surface area contributed by atoms with E-state index in [4.69, 9.17) is 0 Å². The Labute approximate surface area is 163 Å². The van der Waals surface area contributed by atoms with Gasteiger partial charge in [0.05, 0.1) is 17.9 Å². The molecule has 0 aromatic carbocycles. The lowest BCUT2D eigenvalue weighted by molar-refractivity contribution is 0.117. The second-order valence-electron chi connectivity index (χ2n) is 8.47. The molecule has 2 saturated heterocycles. The van der Waals surface area contributed by atoms with Crippen molar-refractivity contribution in [1.82, 2.24) is 20.0 Å². The molecule has 1 aromatic rings. The average Bonchev–Trinajstić information content (AvgIpc) is 3.00.